The number of nitrogens with zero attached hydrogens (tertiary/aromatic N) is 2. The molecule has 0 fully saturated rings. The SMILES string of the molecule is COc1ccc(-c2nnc(C(C)(C)O)o2)c(OC)c1. The molecule has 0 unspecified atom stereocenters. The van der Waals surface area contributed by atoms with Crippen LogP contribution in [0.4, 0.5) is 0 Å². The molecule has 0 radical (unpaired) electrons. The van der Waals surface area contributed by atoms with Crippen molar-refractivity contribution < 1.29 is 19.0 Å². The van der Waals surface area contributed by atoms with E-state index in [-0.39, 0.29) is 11.8 Å². The minimum absolute atomic E-state index is 0.153. The van der Waals surface area contributed by atoms with Crippen LogP contribution >= 0.6 is 0 Å². The van der Waals surface area contributed by atoms with Crippen molar-refractivity contribution in [3.8, 4) is 23.0 Å². The Morgan fingerprint density at radius 1 is 1.16 bits per heavy atom. The molecule has 102 valence electrons. The lowest BCUT2D eigenvalue weighted by Gasteiger charge is -2.10. The minimum atomic E-state index is -1.18. The summed E-state index contributed by atoms with van der Waals surface area (Å²) in [6.45, 7) is 3.16. The van der Waals surface area contributed by atoms with Gasteiger partial charge in [-0.1, -0.05) is 0 Å². The van der Waals surface area contributed by atoms with Gasteiger partial charge in [-0.25, -0.2) is 0 Å². The minimum Gasteiger partial charge on any atom is -0.497 e. The number of ether oxygens (including phenoxy) is 2. The maximum absolute atomic E-state index is 9.81. The molecule has 1 N–H and O–H groups in total. The van der Waals surface area contributed by atoms with Crippen molar-refractivity contribution in [1.29, 1.82) is 0 Å². The molecule has 1 heterocycles. The summed E-state index contributed by atoms with van der Waals surface area (Å²) in [5, 5.41) is 17.6. The Kier molecular flexibility index (Phi) is 3.44. The van der Waals surface area contributed by atoms with Crippen molar-refractivity contribution >= 4 is 0 Å². The highest BCUT2D eigenvalue weighted by molar-refractivity contribution is 5.64. The molecule has 1 aromatic carbocycles. The van der Waals surface area contributed by atoms with Crippen molar-refractivity contribution in [2.45, 2.75) is 19.4 Å². The largest absolute Gasteiger partial charge is 0.497 e. The van der Waals surface area contributed by atoms with E-state index >= 15 is 0 Å². The van der Waals surface area contributed by atoms with E-state index in [1.54, 1.807) is 46.3 Å². The van der Waals surface area contributed by atoms with Crippen LogP contribution in [0.2, 0.25) is 0 Å². The highest BCUT2D eigenvalue weighted by atomic mass is 16.5. The first-order valence-corrected chi connectivity index (χ1v) is 5.74. The van der Waals surface area contributed by atoms with Gasteiger partial charge >= 0.3 is 0 Å². The molecule has 0 aliphatic carbocycles. The summed E-state index contributed by atoms with van der Waals surface area (Å²) in [4.78, 5) is 0. The smallest absolute Gasteiger partial charge is 0.251 e. The molecule has 19 heavy (non-hydrogen) atoms. The predicted molar refractivity (Wildman–Crippen MR) is 68.1 cm³/mol. The molecular formula is C13H16N2O4. The van der Waals surface area contributed by atoms with E-state index < -0.39 is 5.60 Å². The van der Waals surface area contributed by atoms with Crippen LogP contribution in [-0.2, 0) is 5.60 Å². The monoisotopic (exact) mass is 264 g/mol. The molecule has 0 saturated carbocycles. The maximum Gasteiger partial charge on any atom is 0.251 e. The number of methoxy groups -OCH3 is 2. The summed E-state index contributed by atoms with van der Waals surface area (Å²) in [6, 6.07) is 5.26. The average molecular weight is 264 g/mol. The Morgan fingerprint density at radius 2 is 1.89 bits per heavy atom. The molecule has 0 aliphatic rings. The molecule has 1 aromatic heterocycles. The number of aromatic nitrogens is 2. The zero-order valence-electron chi connectivity index (χ0n) is 11.3. The topological polar surface area (TPSA) is 77.6 Å². The van der Waals surface area contributed by atoms with Crippen LogP contribution in [0.25, 0.3) is 11.5 Å². The zero-order chi connectivity index (χ0) is 14.0. The third-order valence-corrected chi connectivity index (χ3v) is 2.59. The van der Waals surface area contributed by atoms with Gasteiger partial charge < -0.3 is 19.0 Å². The van der Waals surface area contributed by atoms with Gasteiger partial charge in [-0.2, -0.15) is 0 Å². The van der Waals surface area contributed by atoms with E-state index in [2.05, 4.69) is 10.2 Å². The second-order valence-electron chi connectivity index (χ2n) is 4.54. The summed E-state index contributed by atoms with van der Waals surface area (Å²) in [6.07, 6.45) is 0. The van der Waals surface area contributed by atoms with Crippen LogP contribution < -0.4 is 9.47 Å². The Bertz CT molecular complexity index is 572. The van der Waals surface area contributed by atoms with Crippen molar-refractivity contribution in [3.05, 3.63) is 24.1 Å². The normalized spacial score (nSPS) is 11.4. The van der Waals surface area contributed by atoms with Crippen LogP contribution in [0.15, 0.2) is 22.6 Å². The van der Waals surface area contributed by atoms with Crippen LogP contribution in [0.1, 0.15) is 19.7 Å². The lowest BCUT2D eigenvalue weighted by molar-refractivity contribution is 0.0487. The first-order chi connectivity index (χ1) is 8.95. The zero-order valence-corrected chi connectivity index (χ0v) is 11.3. The Balaban J connectivity index is 2.44. The van der Waals surface area contributed by atoms with Gasteiger partial charge in [0.2, 0.25) is 5.89 Å². The quantitative estimate of drug-likeness (QED) is 0.909. The summed E-state index contributed by atoms with van der Waals surface area (Å²) < 4.78 is 15.8. The fraction of sp³-hybridized carbons (Fsp3) is 0.385. The fourth-order valence-electron chi connectivity index (χ4n) is 1.55. The van der Waals surface area contributed by atoms with Gasteiger partial charge in [0.05, 0.1) is 19.8 Å². The molecule has 6 heteroatoms. The molecule has 2 aromatic rings. The number of benzene rings is 1. The molecule has 0 aliphatic heterocycles. The summed E-state index contributed by atoms with van der Waals surface area (Å²) >= 11 is 0. The average Bonchev–Trinajstić information content (AvgIpc) is 2.87. The van der Waals surface area contributed by atoms with Gasteiger partial charge in [-0.3, -0.25) is 0 Å². The molecule has 0 saturated heterocycles. The number of rotatable bonds is 4. The van der Waals surface area contributed by atoms with Crippen LogP contribution in [0.3, 0.4) is 0 Å². The summed E-state index contributed by atoms with van der Waals surface area (Å²) in [5.74, 6) is 1.67. The van der Waals surface area contributed by atoms with Gasteiger partial charge in [0, 0.05) is 6.07 Å². The fourth-order valence-corrected chi connectivity index (χ4v) is 1.55. The highest BCUT2D eigenvalue weighted by Crippen LogP contribution is 2.33. The van der Waals surface area contributed by atoms with E-state index in [1.165, 1.54) is 0 Å². The lowest BCUT2D eigenvalue weighted by atomic mass is 10.1. The second kappa shape index (κ2) is 4.89. The summed E-state index contributed by atoms with van der Waals surface area (Å²) in [5.41, 5.74) is -0.531. The third-order valence-electron chi connectivity index (χ3n) is 2.59. The van der Waals surface area contributed by atoms with Gasteiger partial charge in [0.15, 0.2) is 0 Å². The van der Waals surface area contributed by atoms with Crippen LogP contribution in [0.5, 0.6) is 11.5 Å². The maximum atomic E-state index is 9.81. The first kappa shape index (κ1) is 13.4. The van der Waals surface area contributed by atoms with E-state index in [0.717, 1.165) is 0 Å². The lowest BCUT2D eigenvalue weighted by Crippen LogP contribution is -2.15. The third kappa shape index (κ3) is 2.68. The van der Waals surface area contributed by atoms with E-state index in [0.29, 0.717) is 17.1 Å². The van der Waals surface area contributed by atoms with E-state index in [1.807, 2.05) is 0 Å². The Morgan fingerprint density at radius 3 is 2.42 bits per heavy atom. The van der Waals surface area contributed by atoms with Crippen molar-refractivity contribution in [2.75, 3.05) is 14.2 Å². The Labute approximate surface area is 111 Å². The van der Waals surface area contributed by atoms with Crippen molar-refractivity contribution in [2.24, 2.45) is 0 Å². The predicted octanol–water partition coefficient (Wildman–Crippen LogP) is 1.98. The molecule has 2 rings (SSSR count). The Hall–Kier alpha value is -2.08. The summed E-state index contributed by atoms with van der Waals surface area (Å²) in [7, 11) is 3.12. The van der Waals surface area contributed by atoms with Crippen molar-refractivity contribution in [3.63, 3.8) is 0 Å². The molecule has 0 atom stereocenters. The number of hydrogen-bond acceptors (Lipinski definition) is 6. The van der Waals surface area contributed by atoms with Crippen LogP contribution in [-0.4, -0.2) is 29.5 Å². The number of aliphatic hydroxyl groups is 1. The van der Waals surface area contributed by atoms with Gasteiger partial charge in [0.25, 0.3) is 5.89 Å². The standard InChI is InChI=1S/C13H16N2O4/c1-13(2,16)12-15-14-11(19-12)9-6-5-8(17-3)7-10(9)18-4/h5-7,16H,1-4H3. The van der Waals surface area contributed by atoms with E-state index in [9.17, 15) is 5.11 Å². The number of hydrogen-bond donors (Lipinski definition) is 1. The van der Waals surface area contributed by atoms with Crippen LogP contribution in [0, 0.1) is 0 Å². The molecular weight excluding hydrogens is 248 g/mol. The molecule has 0 amide bonds. The van der Waals surface area contributed by atoms with Gasteiger partial charge in [0.1, 0.15) is 17.1 Å². The molecule has 0 spiro atoms. The first-order valence-electron chi connectivity index (χ1n) is 5.74. The van der Waals surface area contributed by atoms with Gasteiger partial charge in [-0.05, 0) is 26.0 Å². The van der Waals surface area contributed by atoms with Crippen molar-refractivity contribution in [1.82, 2.24) is 10.2 Å². The highest BCUT2D eigenvalue weighted by Gasteiger charge is 2.25. The second-order valence-corrected chi connectivity index (χ2v) is 4.54. The molecule has 0 bridgehead atoms. The molecule has 6 nitrogen and oxygen atoms in total. The van der Waals surface area contributed by atoms with Gasteiger partial charge in [-0.15, -0.1) is 10.2 Å². The van der Waals surface area contributed by atoms with E-state index in [4.69, 9.17) is 13.9 Å².